The Balaban J connectivity index is 0.00000800. The summed E-state index contributed by atoms with van der Waals surface area (Å²) in [5.74, 6) is 1.53. The fourth-order valence-electron chi connectivity index (χ4n) is 3.27. The Morgan fingerprint density at radius 2 is 1.05 bits per heavy atom. The quantitative estimate of drug-likeness (QED) is 0.129. The van der Waals surface area contributed by atoms with E-state index in [2.05, 4.69) is 0 Å². The molecule has 2 aromatic carbocycles. The Kier molecular flexibility index (Phi) is 20.8. The first-order chi connectivity index (χ1) is 19.0. The number of carbonyl (C=O) groups excluding carboxylic acids is 2. The first kappa shape index (κ1) is 37.9. The van der Waals surface area contributed by atoms with E-state index in [1.807, 2.05) is 0 Å². The maximum absolute atomic E-state index is 12.3. The molecule has 228 valence electrons. The molecule has 0 aliphatic rings. The number of methoxy groups -OCH3 is 2. The monoisotopic (exact) mass is 614 g/mol. The fourth-order valence-corrected chi connectivity index (χ4v) is 3.27. The summed E-state index contributed by atoms with van der Waals surface area (Å²) in [6.07, 6.45) is 5.73. The molecule has 0 fully saturated rings. The third kappa shape index (κ3) is 14.9. The summed E-state index contributed by atoms with van der Waals surface area (Å²) in [6, 6.07) is 10.6. The second-order valence-electron chi connectivity index (χ2n) is 8.10. The van der Waals surface area contributed by atoms with Gasteiger partial charge < -0.3 is 39.9 Å². The van der Waals surface area contributed by atoms with Crippen molar-refractivity contribution in [2.75, 3.05) is 67.0 Å². The van der Waals surface area contributed by atoms with Crippen LogP contribution in [0.3, 0.4) is 0 Å². The molecular formula is C29H40Cl2N2O8. The lowest BCUT2D eigenvalue weighted by molar-refractivity contribution is -0.121. The summed E-state index contributed by atoms with van der Waals surface area (Å²) in [6.45, 7) is 3.40. The van der Waals surface area contributed by atoms with Gasteiger partial charge in [0.2, 0.25) is 0 Å². The lowest BCUT2D eigenvalue weighted by atomic mass is 10.1. The summed E-state index contributed by atoms with van der Waals surface area (Å²) in [4.78, 5) is 24.6. The van der Waals surface area contributed by atoms with Crippen molar-refractivity contribution >= 4 is 48.5 Å². The van der Waals surface area contributed by atoms with Crippen LogP contribution in [0.1, 0.15) is 17.5 Å². The zero-order chi connectivity index (χ0) is 28.3. The number of allylic oxidation sites excluding steroid dienone is 2. The van der Waals surface area contributed by atoms with Crippen molar-refractivity contribution in [2.24, 2.45) is 11.5 Å². The van der Waals surface area contributed by atoms with Crippen molar-refractivity contribution in [1.82, 2.24) is 0 Å². The van der Waals surface area contributed by atoms with Crippen LogP contribution in [-0.4, -0.2) is 78.5 Å². The van der Waals surface area contributed by atoms with E-state index in [0.717, 1.165) is 11.1 Å². The van der Waals surface area contributed by atoms with E-state index in [1.54, 1.807) is 48.6 Å². The Hall–Kier alpha value is -3.12. The SMILES string of the molecule is COc1cc(/C=C/C(=O)CC(=O)/C=C/c2ccc(OCCOCCN)c(OC)c2)ccc1OCCOCCN.Cl.Cl. The highest BCUT2D eigenvalue weighted by atomic mass is 35.5. The molecule has 41 heavy (non-hydrogen) atoms. The van der Waals surface area contributed by atoms with Gasteiger partial charge in [-0.1, -0.05) is 24.3 Å². The van der Waals surface area contributed by atoms with Crippen molar-refractivity contribution in [3.8, 4) is 23.0 Å². The lowest BCUT2D eigenvalue weighted by Crippen LogP contribution is -2.13. The largest absolute Gasteiger partial charge is 0.493 e. The number of hydrogen-bond acceptors (Lipinski definition) is 10. The van der Waals surface area contributed by atoms with E-state index in [4.69, 9.17) is 39.9 Å². The van der Waals surface area contributed by atoms with E-state index < -0.39 is 0 Å². The topological polar surface area (TPSA) is 142 Å². The Morgan fingerprint density at radius 3 is 1.41 bits per heavy atom. The molecular weight excluding hydrogens is 575 g/mol. The van der Waals surface area contributed by atoms with Crippen molar-refractivity contribution in [3.63, 3.8) is 0 Å². The molecule has 0 aliphatic heterocycles. The van der Waals surface area contributed by atoms with Crippen LogP contribution in [0.5, 0.6) is 23.0 Å². The highest BCUT2D eigenvalue weighted by molar-refractivity contribution is 6.10. The van der Waals surface area contributed by atoms with Crippen LogP contribution in [0.25, 0.3) is 12.2 Å². The van der Waals surface area contributed by atoms with Crippen molar-refractivity contribution in [1.29, 1.82) is 0 Å². The maximum Gasteiger partial charge on any atom is 0.163 e. The highest BCUT2D eigenvalue weighted by Gasteiger charge is 2.08. The highest BCUT2D eigenvalue weighted by Crippen LogP contribution is 2.29. The second-order valence-corrected chi connectivity index (χ2v) is 8.10. The summed E-state index contributed by atoms with van der Waals surface area (Å²) in [7, 11) is 3.07. The smallest absolute Gasteiger partial charge is 0.163 e. The molecule has 2 aromatic rings. The molecule has 0 amide bonds. The van der Waals surface area contributed by atoms with E-state index in [1.165, 1.54) is 26.4 Å². The van der Waals surface area contributed by atoms with Gasteiger partial charge in [-0.3, -0.25) is 9.59 Å². The molecule has 0 bridgehead atoms. The van der Waals surface area contributed by atoms with Crippen LogP contribution in [0.2, 0.25) is 0 Å². The Bertz CT molecular complexity index is 1030. The normalized spacial score (nSPS) is 10.6. The number of ether oxygens (including phenoxy) is 6. The molecule has 0 atom stereocenters. The van der Waals surface area contributed by atoms with Gasteiger partial charge in [0.05, 0.1) is 47.1 Å². The van der Waals surface area contributed by atoms with Crippen molar-refractivity contribution < 1.29 is 38.0 Å². The van der Waals surface area contributed by atoms with Gasteiger partial charge in [-0.05, 0) is 47.5 Å². The second kappa shape index (κ2) is 22.6. The van der Waals surface area contributed by atoms with Gasteiger partial charge >= 0.3 is 0 Å². The summed E-state index contributed by atoms with van der Waals surface area (Å²) in [5, 5.41) is 0. The molecule has 0 radical (unpaired) electrons. The number of carbonyl (C=O) groups is 2. The van der Waals surface area contributed by atoms with Crippen LogP contribution in [0, 0.1) is 0 Å². The van der Waals surface area contributed by atoms with E-state index in [0.29, 0.717) is 75.7 Å². The minimum atomic E-state index is -0.320. The number of nitrogens with two attached hydrogens (primary N) is 2. The summed E-state index contributed by atoms with van der Waals surface area (Å²) in [5.41, 5.74) is 12.2. The van der Waals surface area contributed by atoms with Gasteiger partial charge in [0.25, 0.3) is 0 Å². The molecule has 10 nitrogen and oxygen atoms in total. The number of ketones is 2. The number of benzene rings is 2. The number of hydrogen-bond donors (Lipinski definition) is 2. The van der Waals surface area contributed by atoms with Crippen LogP contribution in [0.15, 0.2) is 48.6 Å². The zero-order valence-electron chi connectivity index (χ0n) is 23.4. The van der Waals surface area contributed by atoms with Gasteiger partial charge in [-0.15, -0.1) is 24.8 Å². The van der Waals surface area contributed by atoms with Gasteiger partial charge in [0.15, 0.2) is 34.6 Å². The predicted octanol–water partition coefficient (Wildman–Crippen LogP) is 3.51. The zero-order valence-corrected chi connectivity index (χ0v) is 25.0. The maximum atomic E-state index is 12.3. The average Bonchev–Trinajstić information content (AvgIpc) is 2.95. The van der Waals surface area contributed by atoms with Crippen molar-refractivity contribution in [3.05, 3.63) is 59.7 Å². The van der Waals surface area contributed by atoms with E-state index in [9.17, 15) is 9.59 Å². The third-order valence-electron chi connectivity index (χ3n) is 5.14. The van der Waals surface area contributed by atoms with E-state index >= 15 is 0 Å². The van der Waals surface area contributed by atoms with Gasteiger partial charge in [0, 0.05) is 13.1 Å². The molecule has 2 rings (SSSR count). The van der Waals surface area contributed by atoms with Gasteiger partial charge in [-0.25, -0.2) is 0 Å². The number of halogens is 2. The minimum absolute atomic E-state index is 0. The average molecular weight is 616 g/mol. The first-order valence-electron chi connectivity index (χ1n) is 12.6. The Labute approximate surface area is 253 Å². The van der Waals surface area contributed by atoms with Crippen LogP contribution < -0.4 is 30.4 Å². The van der Waals surface area contributed by atoms with Crippen LogP contribution in [-0.2, 0) is 19.1 Å². The summed E-state index contributed by atoms with van der Waals surface area (Å²) < 4.78 is 32.7. The lowest BCUT2D eigenvalue weighted by Gasteiger charge is -2.11. The van der Waals surface area contributed by atoms with Gasteiger partial charge in [0.1, 0.15) is 13.2 Å². The predicted molar refractivity (Wildman–Crippen MR) is 164 cm³/mol. The molecule has 0 heterocycles. The van der Waals surface area contributed by atoms with Gasteiger partial charge in [-0.2, -0.15) is 0 Å². The molecule has 0 unspecified atom stereocenters. The van der Waals surface area contributed by atoms with E-state index in [-0.39, 0.29) is 42.8 Å². The number of rotatable bonds is 20. The molecule has 0 saturated carbocycles. The molecule has 0 aromatic heterocycles. The molecule has 4 N–H and O–H groups in total. The van der Waals surface area contributed by atoms with Crippen molar-refractivity contribution in [2.45, 2.75) is 6.42 Å². The standard InChI is InChI=1S/C29H38N2O8.2ClH/c1-34-28-19-22(5-9-26(28)38-17-15-36-13-11-30)3-7-24(32)21-25(33)8-4-23-6-10-27(29(20-23)35-2)39-18-16-37-14-12-31;;/h3-10,19-20H,11-18,21,30-31H2,1-2H3;2*1H/b7-3+,8-4+;;. The third-order valence-corrected chi connectivity index (χ3v) is 5.14. The fraction of sp³-hybridized carbons (Fsp3) is 0.379. The molecule has 0 saturated heterocycles. The molecule has 12 heteroatoms. The Morgan fingerprint density at radius 1 is 0.634 bits per heavy atom. The minimum Gasteiger partial charge on any atom is -0.493 e. The molecule has 0 aliphatic carbocycles. The summed E-state index contributed by atoms with van der Waals surface area (Å²) >= 11 is 0. The van der Waals surface area contributed by atoms with Crippen LogP contribution >= 0.6 is 24.8 Å². The first-order valence-corrected chi connectivity index (χ1v) is 12.6. The molecule has 0 spiro atoms. The van der Waals surface area contributed by atoms with Crippen LogP contribution in [0.4, 0.5) is 0 Å².